The summed E-state index contributed by atoms with van der Waals surface area (Å²) in [5.41, 5.74) is 23.9. The van der Waals surface area contributed by atoms with Crippen LogP contribution in [-0.4, -0.2) is 108 Å². The maximum Gasteiger partial charge on any atom is 0.161 e. The highest BCUT2D eigenvalue weighted by molar-refractivity contribution is 6.70. The zero-order chi connectivity index (χ0) is 43.3. The molecule has 0 amide bonds. The fourth-order valence-corrected chi connectivity index (χ4v) is 9.24. The van der Waals surface area contributed by atoms with E-state index in [1.54, 1.807) is 0 Å². The van der Waals surface area contributed by atoms with Crippen molar-refractivity contribution in [3.05, 3.63) is 126 Å². The minimum absolute atomic E-state index is 0.575. The molecule has 0 saturated heterocycles. The Morgan fingerprint density at radius 1 is 0.508 bits per heavy atom. The van der Waals surface area contributed by atoms with E-state index in [1.807, 2.05) is 7.05 Å². The van der Waals surface area contributed by atoms with Crippen molar-refractivity contribution in [2.24, 2.45) is 15.0 Å². The van der Waals surface area contributed by atoms with Gasteiger partial charge >= 0.3 is 0 Å². The Bertz CT molecular complexity index is 3080. The minimum Gasteiger partial charge on any atom is -0.388 e. The zero-order valence-corrected chi connectivity index (χ0v) is 37.5. The first kappa shape index (κ1) is 41.5. The van der Waals surface area contributed by atoms with Gasteiger partial charge in [0, 0.05) is 51.4 Å². The lowest BCUT2D eigenvalue weighted by Gasteiger charge is -2.22. The van der Waals surface area contributed by atoms with Gasteiger partial charge < -0.3 is 9.88 Å². The molecule has 5 nitrogen and oxygen atoms in total. The smallest absolute Gasteiger partial charge is 0.161 e. The van der Waals surface area contributed by atoms with E-state index in [9.17, 15) is 0 Å². The van der Waals surface area contributed by atoms with Gasteiger partial charge in [-0.3, -0.25) is 0 Å². The fraction of sp³-hybridized carbons (Fsp3) is 0.0217. The molecule has 1 heterocycles. The average molecular weight is 776 g/mol. The molecule has 0 aliphatic carbocycles. The van der Waals surface area contributed by atoms with Crippen molar-refractivity contribution >= 4 is 185 Å². The molecule has 0 atom stereocenters. The molecule has 0 saturated carbocycles. The van der Waals surface area contributed by atoms with Crippen LogP contribution in [0.25, 0.3) is 49.7 Å². The maximum absolute atomic E-state index is 5.65. The predicted molar refractivity (Wildman–Crippen MR) is 298 cm³/mol. The topological polar surface area (TPSA) is 54.0 Å². The summed E-state index contributed by atoms with van der Waals surface area (Å²) in [5, 5.41) is 5.88. The van der Waals surface area contributed by atoms with Crippen LogP contribution in [0.3, 0.4) is 0 Å². The van der Waals surface area contributed by atoms with Gasteiger partial charge in [-0.15, -0.1) is 32.8 Å². The molecule has 8 aromatic rings. The third-order valence-corrected chi connectivity index (χ3v) is 13.5. The summed E-state index contributed by atoms with van der Waals surface area (Å²) >= 11 is 0. The van der Waals surface area contributed by atoms with E-state index in [2.05, 4.69) is 215 Å². The SMILES string of the molecule is Bc1c(B)c(B)c(/C(N=C)=N/C(=N\c2ccccc2-c2c(NC)ccc3c2c2ccccc2n3-c2ccc(-c3ccccc3)cc2)c2c(B)c(B)c(B)c(B)c2B)c(B)c1B. The van der Waals surface area contributed by atoms with Gasteiger partial charge in [0.25, 0.3) is 0 Å². The van der Waals surface area contributed by atoms with E-state index in [0.717, 1.165) is 77.6 Å². The molecule has 1 aromatic heterocycles. The van der Waals surface area contributed by atoms with E-state index < -0.39 is 0 Å². The van der Waals surface area contributed by atoms with E-state index in [4.69, 9.17) is 9.98 Å². The molecule has 0 fully saturated rings. The van der Waals surface area contributed by atoms with Crippen LogP contribution in [-0.2, 0) is 0 Å². The van der Waals surface area contributed by atoms with Crippen LogP contribution in [0, 0.1) is 0 Å². The highest BCUT2D eigenvalue weighted by atomic mass is 15.0. The molecule has 7 aromatic carbocycles. The van der Waals surface area contributed by atoms with Crippen LogP contribution in [0.15, 0.2) is 130 Å². The summed E-state index contributed by atoms with van der Waals surface area (Å²) in [6, 6.07) is 41.0. The molecule has 0 unspecified atom stereocenters. The number of nitrogens with zero attached hydrogens (tertiary/aromatic N) is 4. The number of benzene rings is 7. The summed E-state index contributed by atoms with van der Waals surface area (Å²) in [5.74, 6) is 1.19. The molecule has 0 radical (unpaired) electrons. The van der Waals surface area contributed by atoms with Gasteiger partial charge in [-0.1, -0.05) is 101 Å². The minimum atomic E-state index is 0.575. The van der Waals surface area contributed by atoms with Crippen molar-refractivity contribution in [3.63, 3.8) is 0 Å². The van der Waals surface area contributed by atoms with Crippen LogP contribution >= 0.6 is 0 Å². The number of aromatic nitrogens is 1. The molecule has 0 spiro atoms. The van der Waals surface area contributed by atoms with E-state index in [0.29, 0.717) is 11.7 Å². The number of hydrogen-bond donors (Lipinski definition) is 1. The summed E-state index contributed by atoms with van der Waals surface area (Å²) in [6.07, 6.45) is 0. The Hall–Kier alpha value is -6.20. The third-order valence-electron chi connectivity index (χ3n) is 13.5. The lowest BCUT2D eigenvalue weighted by atomic mass is 9.60. The van der Waals surface area contributed by atoms with Crippen molar-refractivity contribution in [1.29, 1.82) is 0 Å². The first-order chi connectivity index (χ1) is 29.4. The van der Waals surface area contributed by atoms with Gasteiger partial charge in [0.05, 0.1) is 16.7 Å². The van der Waals surface area contributed by atoms with Gasteiger partial charge in [0.15, 0.2) is 11.7 Å². The molecule has 284 valence electrons. The number of amidine groups is 2. The summed E-state index contributed by atoms with van der Waals surface area (Å²) < 4.78 is 2.38. The summed E-state index contributed by atoms with van der Waals surface area (Å²) in [6.45, 7) is 4.10. The highest BCUT2D eigenvalue weighted by Gasteiger charge is 2.23. The van der Waals surface area contributed by atoms with Crippen molar-refractivity contribution < 1.29 is 0 Å². The number of anilines is 1. The number of aliphatic imine (C=N–C) groups is 3. The largest absolute Gasteiger partial charge is 0.388 e. The molecule has 0 aliphatic heterocycles. The van der Waals surface area contributed by atoms with Crippen LogP contribution < -0.4 is 59.9 Å². The second kappa shape index (κ2) is 16.7. The van der Waals surface area contributed by atoms with Gasteiger partial charge in [0.2, 0.25) is 0 Å². The van der Waals surface area contributed by atoms with Gasteiger partial charge in [0.1, 0.15) is 78.5 Å². The van der Waals surface area contributed by atoms with Crippen molar-refractivity contribution in [1.82, 2.24) is 4.57 Å². The number of fused-ring (bicyclic) bond motifs is 3. The number of nitrogens with one attached hydrogen (secondary N) is 1. The lowest BCUT2D eigenvalue weighted by molar-refractivity contribution is 1.18. The molecule has 1 N–H and O–H groups in total. The van der Waals surface area contributed by atoms with Crippen LogP contribution in [0.5, 0.6) is 0 Å². The Morgan fingerprint density at radius 2 is 1.02 bits per heavy atom. The normalized spacial score (nSPS) is 12.0. The molecule has 15 heteroatoms. The summed E-state index contributed by atoms with van der Waals surface area (Å²) in [7, 11) is 23.9. The Kier molecular flexibility index (Phi) is 11.4. The first-order valence-corrected chi connectivity index (χ1v) is 21.2. The molecule has 61 heavy (non-hydrogen) atoms. The fourth-order valence-electron chi connectivity index (χ4n) is 9.24. The molecular formula is C46H45B10N5. The molecule has 0 aliphatic rings. The average Bonchev–Trinajstić information content (AvgIpc) is 3.63. The van der Waals surface area contributed by atoms with Crippen LogP contribution in [0.1, 0.15) is 11.1 Å². The molecular weight excluding hydrogens is 731 g/mol. The van der Waals surface area contributed by atoms with Gasteiger partial charge in [-0.2, -0.15) is 0 Å². The van der Waals surface area contributed by atoms with Crippen molar-refractivity contribution in [2.45, 2.75) is 0 Å². The molecule has 8 rings (SSSR count). The number of hydrogen-bond acceptors (Lipinski definition) is 2. The highest BCUT2D eigenvalue weighted by Crippen LogP contribution is 2.45. The van der Waals surface area contributed by atoms with E-state index in [-0.39, 0.29) is 0 Å². The second-order valence-corrected chi connectivity index (χ2v) is 16.4. The number of rotatable bonds is 7. The Labute approximate surface area is 369 Å². The van der Waals surface area contributed by atoms with E-state index >= 15 is 0 Å². The standard InChI is InChI=1S/C46H45B10N5/c1-57-28-20-21-30-32(26-13-7-9-15-29(26)61(30)24-18-16-23(17-19-24)22-10-4-3-5-11-22)31(28)25-12-6-8-14-27(25)59-46(34-37(49)41(53)44(56)42(54)38(34)50)60-45(58-2)33-35(47)39(51)43(55)40(52)36(33)48/h3-21,57H,2,47-56H2,1H3/b59-46-,60-45-. The van der Waals surface area contributed by atoms with Crippen molar-refractivity contribution in [2.75, 3.05) is 12.4 Å². The van der Waals surface area contributed by atoms with Crippen molar-refractivity contribution in [3.8, 4) is 27.9 Å². The Balaban J connectivity index is 1.42. The van der Waals surface area contributed by atoms with Gasteiger partial charge in [-0.25, -0.2) is 15.0 Å². The maximum atomic E-state index is 5.65. The zero-order valence-electron chi connectivity index (χ0n) is 37.5. The monoisotopic (exact) mass is 777 g/mol. The lowest BCUT2D eigenvalue weighted by Crippen LogP contribution is -2.57. The predicted octanol–water partition coefficient (Wildman–Crippen LogP) is -6.03. The summed E-state index contributed by atoms with van der Waals surface area (Å²) in [4.78, 5) is 15.8. The Morgan fingerprint density at radius 3 is 1.61 bits per heavy atom. The quantitative estimate of drug-likeness (QED) is 0.0981. The van der Waals surface area contributed by atoms with E-state index in [1.165, 1.54) is 49.3 Å². The second-order valence-electron chi connectivity index (χ2n) is 16.4. The first-order valence-electron chi connectivity index (χ1n) is 21.2. The molecule has 0 bridgehead atoms. The van der Waals surface area contributed by atoms with Gasteiger partial charge in [-0.05, 0) is 54.2 Å². The van der Waals surface area contributed by atoms with Crippen LogP contribution in [0.2, 0.25) is 0 Å². The third kappa shape index (κ3) is 7.08. The number of para-hydroxylation sites is 2. The van der Waals surface area contributed by atoms with Crippen LogP contribution in [0.4, 0.5) is 11.4 Å².